The second kappa shape index (κ2) is 5.47. The average molecular weight is 244 g/mol. The molecular formula is C11H11F3N2O. The quantitative estimate of drug-likeness (QED) is 0.649. The topological polar surface area (TPSA) is 41.5 Å². The van der Waals surface area contributed by atoms with Gasteiger partial charge >= 0.3 is 6.18 Å². The van der Waals surface area contributed by atoms with Gasteiger partial charge in [-0.15, -0.1) is 0 Å². The second-order valence-electron chi connectivity index (χ2n) is 3.27. The Morgan fingerprint density at radius 1 is 1.29 bits per heavy atom. The third-order valence-electron chi connectivity index (χ3n) is 1.98. The van der Waals surface area contributed by atoms with E-state index in [1.807, 2.05) is 0 Å². The van der Waals surface area contributed by atoms with Crippen LogP contribution in [0.2, 0.25) is 0 Å². The molecule has 3 nitrogen and oxygen atoms in total. The number of alkyl halides is 3. The number of nitrogens with zero attached hydrogens (tertiary/aromatic N) is 1. The molecule has 0 fully saturated rings. The zero-order valence-electron chi connectivity index (χ0n) is 9.08. The van der Waals surface area contributed by atoms with Gasteiger partial charge in [-0.05, 0) is 5.56 Å². The monoisotopic (exact) mass is 244 g/mol. The van der Waals surface area contributed by atoms with Crippen molar-refractivity contribution >= 4 is 11.5 Å². The maximum Gasteiger partial charge on any atom is 0.456 e. The number of hydrogen-bond acceptors (Lipinski definition) is 3. The molecule has 0 aliphatic heterocycles. The van der Waals surface area contributed by atoms with Gasteiger partial charge in [0, 0.05) is 13.5 Å². The van der Waals surface area contributed by atoms with Crippen LogP contribution in [0.3, 0.4) is 0 Å². The Bertz CT molecular complexity index is 412. The molecule has 1 aromatic rings. The number of ketones is 1. The van der Waals surface area contributed by atoms with Crippen molar-refractivity contribution in [3.63, 3.8) is 0 Å². The molecule has 0 aliphatic rings. The first-order valence-corrected chi connectivity index (χ1v) is 4.84. The summed E-state index contributed by atoms with van der Waals surface area (Å²) in [7, 11) is 1.34. The second-order valence-corrected chi connectivity index (χ2v) is 3.27. The number of carbonyl (C=O) groups is 1. The molecule has 0 unspecified atom stereocenters. The normalized spacial score (nSPS) is 12.4. The predicted octanol–water partition coefficient (Wildman–Crippen LogP) is 1.94. The zero-order valence-corrected chi connectivity index (χ0v) is 9.08. The zero-order chi connectivity index (χ0) is 12.9. The van der Waals surface area contributed by atoms with Crippen LogP contribution in [-0.4, -0.2) is 24.7 Å². The lowest BCUT2D eigenvalue weighted by Crippen LogP contribution is -2.33. The maximum absolute atomic E-state index is 12.3. The van der Waals surface area contributed by atoms with Crippen molar-refractivity contribution in [2.75, 3.05) is 7.05 Å². The minimum Gasteiger partial charge on any atom is -0.313 e. The minimum atomic E-state index is -4.90. The highest BCUT2D eigenvalue weighted by Gasteiger charge is 2.41. The molecule has 0 radical (unpaired) electrons. The molecule has 6 heteroatoms. The van der Waals surface area contributed by atoms with E-state index >= 15 is 0 Å². The van der Waals surface area contributed by atoms with E-state index in [1.54, 1.807) is 30.3 Å². The number of hydrazone groups is 1. The van der Waals surface area contributed by atoms with Crippen molar-refractivity contribution in [3.05, 3.63) is 35.9 Å². The summed E-state index contributed by atoms with van der Waals surface area (Å²) in [5.41, 5.74) is 2.25. The summed E-state index contributed by atoms with van der Waals surface area (Å²) >= 11 is 0. The molecule has 1 N–H and O–H groups in total. The molecule has 0 saturated carbocycles. The van der Waals surface area contributed by atoms with Gasteiger partial charge in [0.05, 0.1) is 0 Å². The van der Waals surface area contributed by atoms with Crippen molar-refractivity contribution < 1.29 is 18.0 Å². The molecule has 0 amide bonds. The average Bonchev–Trinajstić information content (AvgIpc) is 2.28. The van der Waals surface area contributed by atoms with Gasteiger partial charge in [0.1, 0.15) is 5.71 Å². The number of halogens is 3. The molecule has 0 bridgehead atoms. The first-order chi connectivity index (χ1) is 7.95. The fraction of sp³-hybridized carbons (Fsp3) is 0.273. The Balaban J connectivity index is 2.90. The largest absolute Gasteiger partial charge is 0.456 e. The molecule has 0 aromatic heterocycles. The predicted molar refractivity (Wildman–Crippen MR) is 57.7 cm³/mol. The smallest absolute Gasteiger partial charge is 0.313 e. The fourth-order valence-electron chi connectivity index (χ4n) is 1.26. The third kappa shape index (κ3) is 3.90. The number of hydrogen-bond donors (Lipinski definition) is 1. The van der Waals surface area contributed by atoms with Gasteiger partial charge in [-0.2, -0.15) is 18.3 Å². The van der Waals surface area contributed by atoms with Crippen molar-refractivity contribution in [3.8, 4) is 0 Å². The summed E-state index contributed by atoms with van der Waals surface area (Å²) in [5, 5.41) is 3.38. The highest BCUT2D eigenvalue weighted by Crippen LogP contribution is 2.18. The molecule has 0 heterocycles. The lowest BCUT2D eigenvalue weighted by Gasteiger charge is -2.08. The van der Waals surface area contributed by atoms with E-state index in [0.717, 1.165) is 0 Å². The van der Waals surface area contributed by atoms with Crippen LogP contribution in [0, 0.1) is 0 Å². The van der Waals surface area contributed by atoms with Gasteiger partial charge in [-0.1, -0.05) is 30.3 Å². The Morgan fingerprint density at radius 3 is 2.35 bits per heavy atom. The van der Waals surface area contributed by atoms with E-state index < -0.39 is 17.7 Å². The van der Waals surface area contributed by atoms with Gasteiger partial charge in [-0.25, -0.2) is 0 Å². The SMILES string of the molecule is CN/N=C(\Cc1ccccc1)C(=O)C(F)(F)F. The minimum absolute atomic E-state index is 0.153. The number of Topliss-reactive ketones (excluding diaryl/α,β-unsaturated/α-hetero) is 1. The van der Waals surface area contributed by atoms with E-state index in [1.165, 1.54) is 7.05 Å². The lowest BCUT2D eigenvalue weighted by molar-refractivity contribution is -0.163. The van der Waals surface area contributed by atoms with Gasteiger partial charge in [0.25, 0.3) is 5.78 Å². The number of rotatable bonds is 4. The van der Waals surface area contributed by atoms with E-state index in [4.69, 9.17) is 0 Å². The molecular weight excluding hydrogens is 233 g/mol. The standard InChI is InChI=1S/C11H11F3N2O/c1-15-16-9(10(17)11(12,13)14)7-8-5-3-2-4-6-8/h2-6,15H,7H2,1H3/b16-9+. The van der Waals surface area contributed by atoms with Crippen molar-refractivity contribution in [2.45, 2.75) is 12.6 Å². The molecule has 92 valence electrons. The van der Waals surface area contributed by atoms with Gasteiger partial charge < -0.3 is 5.43 Å². The van der Waals surface area contributed by atoms with Gasteiger partial charge in [0.2, 0.25) is 0 Å². The molecule has 0 aliphatic carbocycles. The van der Waals surface area contributed by atoms with Crippen LogP contribution in [0.25, 0.3) is 0 Å². The third-order valence-corrected chi connectivity index (χ3v) is 1.98. The van der Waals surface area contributed by atoms with E-state index in [-0.39, 0.29) is 6.42 Å². The van der Waals surface area contributed by atoms with Gasteiger partial charge in [0.15, 0.2) is 0 Å². The number of carbonyl (C=O) groups excluding carboxylic acids is 1. The summed E-state index contributed by atoms with van der Waals surface area (Å²) in [5.74, 6) is -1.92. The molecule has 0 saturated heterocycles. The Morgan fingerprint density at radius 2 is 1.88 bits per heavy atom. The number of nitrogens with one attached hydrogen (secondary N) is 1. The van der Waals surface area contributed by atoms with Crippen LogP contribution < -0.4 is 5.43 Å². The molecule has 0 spiro atoms. The van der Waals surface area contributed by atoms with Crippen LogP contribution in [0.5, 0.6) is 0 Å². The highest BCUT2D eigenvalue weighted by molar-refractivity contribution is 6.42. The van der Waals surface area contributed by atoms with E-state index in [2.05, 4.69) is 10.5 Å². The fourth-order valence-corrected chi connectivity index (χ4v) is 1.26. The van der Waals surface area contributed by atoms with E-state index in [9.17, 15) is 18.0 Å². The molecule has 1 rings (SSSR count). The van der Waals surface area contributed by atoms with Crippen LogP contribution in [0.1, 0.15) is 5.56 Å². The lowest BCUT2D eigenvalue weighted by atomic mass is 10.1. The highest BCUT2D eigenvalue weighted by atomic mass is 19.4. The molecule has 0 atom stereocenters. The van der Waals surface area contributed by atoms with Crippen LogP contribution in [0.4, 0.5) is 13.2 Å². The molecule has 1 aromatic carbocycles. The summed E-state index contributed by atoms with van der Waals surface area (Å²) in [6.07, 6.45) is -5.05. The Labute approximate surface area is 96.3 Å². The Kier molecular flexibility index (Phi) is 4.25. The van der Waals surface area contributed by atoms with Crippen LogP contribution >= 0.6 is 0 Å². The summed E-state index contributed by atoms with van der Waals surface area (Å²) < 4.78 is 36.8. The number of benzene rings is 1. The van der Waals surface area contributed by atoms with Crippen molar-refractivity contribution in [2.24, 2.45) is 5.10 Å². The first kappa shape index (κ1) is 13.2. The summed E-state index contributed by atoms with van der Waals surface area (Å²) in [6, 6.07) is 8.38. The maximum atomic E-state index is 12.3. The van der Waals surface area contributed by atoms with E-state index in [0.29, 0.717) is 5.56 Å². The summed E-state index contributed by atoms with van der Waals surface area (Å²) in [6.45, 7) is 0. The molecule has 17 heavy (non-hydrogen) atoms. The van der Waals surface area contributed by atoms with Crippen molar-refractivity contribution in [1.82, 2.24) is 5.43 Å². The van der Waals surface area contributed by atoms with Crippen LogP contribution in [-0.2, 0) is 11.2 Å². The summed E-state index contributed by atoms with van der Waals surface area (Å²) in [4.78, 5) is 11.1. The van der Waals surface area contributed by atoms with Crippen LogP contribution in [0.15, 0.2) is 35.4 Å². The van der Waals surface area contributed by atoms with Gasteiger partial charge in [-0.3, -0.25) is 4.79 Å². The first-order valence-electron chi connectivity index (χ1n) is 4.84. The Hall–Kier alpha value is -1.85. The van der Waals surface area contributed by atoms with Crippen molar-refractivity contribution in [1.29, 1.82) is 0 Å².